The van der Waals surface area contributed by atoms with Crippen LogP contribution in [0.25, 0.3) is 11.0 Å². The van der Waals surface area contributed by atoms with Crippen LogP contribution < -0.4 is 5.32 Å². The van der Waals surface area contributed by atoms with Crippen molar-refractivity contribution in [1.29, 1.82) is 0 Å². The molecule has 0 aliphatic rings. The van der Waals surface area contributed by atoms with Gasteiger partial charge in [-0.1, -0.05) is 19.8 Å². The Balaban J connectivity index is 2.35. The van der Waals surface area contributed by atoms with Crippen molar-refractivity contribution in [2.45, 2.75) is 26.2 Å². The summed E-state index contributed by atoms with van der Waals surface area (Å²) in [6, 6.07) is 0. The zero-order chi connectivity index (χ0) is 13.8. The van der Waals surface area contributed by atoms with Crippen molar-refractivity contribution in [2.75, 3.05) is 11.9 Å². The SMILES string of the molecule is CCCCCNc1c(C(=O)O)cnc2c1cnn2C. The summed E-state index contributed by atoms with van der Waals surface area (Å²) in [7, 11) is 1.79. The van der Waals surface area contributed by atoms with Gasteiger partial charge in [0.2, 0.25) is 0 Å². The van der Waals surface area contributed by atoms with Gasteiger partial charge < -0.3 is 10.4 Å². The highest BCUT2D eigenvalue weighted by Gasteiger charge is 2.16. The molecule has 0 aliphatic heterocycles. The Morgan fingerprint density at radius 2 is 2.21 bits per heavy atom. The van der Waals surface area contributed by atoms with Crippen LogP contribution in [-0.2, 0) is 7.05 Å². The summed E-state index contributed by atoms with van der Waals surface area (Å²) in [6.07, 6.45) is 6.30. The fourth-order valence-electron chi connectivity index (χ4n) is 2.04. The van der Waals surface area contributed by atoms with Gasteiger partial charge in [0.15, 0.2) is 5.65 Å². The molecular formula is C13H18N4O2. The minimum Gasteiger partial charge on any atom is -0.478 e. The lowest BCUT2D eigenvalue weighted by atomic mass is 10.1. The van der Waals surface area contributed by atoms with E-state index in [2.05, 4.69) is 22.3 Å². The Bertz CT molecular complexity index is 592. The molecule has 6 nitrogen and oxygen atoms in total. The van der Waals surface area contributed by atoms with Crippen LogP contribution in [0.5, 0.6) is 0 Å². The molecule has 0 unspecified atom stereocenters. The predicted molar refractivity (Wildman–Crippen MR) is 73.5 cm³/mol. The maximum atomic E-state index is 11.3. The second-order valence-electron chi connectivity index (χ2n) is 4.49. The summed E-state index contributed by atoms with van der Waals surface area (Å²) >= 11 is 0. The van der Waals surface area contributed by atoms with Gasteiger partial charge in [-0.2, -0.15) is 5.10 Å². The Morgan fingerprint density at radius 3 is 2.89 bits per heavy atom. The smallest absolute Gasteiger partial charge is 0.339 e. The first-order valence-corrected chi connectivity index (χ1v) is 6.43. The average molecular weight is 262 g/mol. The van der Waals surface area contributed by atoms with Crippen LogP contribution in [-0.4, -0.2) is 32.4 Å². The Hall–Kier alpha value is -2.11. The van der Waals surface area contributed by atoms with Crippen LogP contribution in [0.2, 0.25) is 0 Å². The largest absolute Gasteiger partial charge is 0.478 e. The van der Waals surface area contributed by atoms with Gasteiger partial charge in [0, 0.05) is 19.8 Å². The van der Waals surface area contributed by atoms with Gasteiger partial charge in [0.05, 0.1) is 17.3 Å². The van der Waals surface area contributed by atoms with E-state index in [1.807, 2.05) is 0 Å². The van der Waals surface area contributed by atoms with Crippen molar-refractivity contribution in [2.24, 2.45) is 7.05 Å². The van der Waals surface area contributed by atoms with E-state index < -0.39 is 5.97 Å². The molecule has 2 N–H and O–H groups in total. The van der Waals surface area contributed by atoms with E-state index in [-0.39, 0.29) is 5.56 Å². The third kappa shape index (κ3) is 2.67. The molecule has 0 radical (unpaired) electrons. The lowest BCUT2D eigenvalue weighted by Crippen LogP contribution is -2.09. The van der Waals surface area contributed by atoms with Gasteiger partial charge in [0.25, 0.3) is 0 Å². The fourth-order valence-corrected chi connectivity index (χ4v) is 2.04. The number of nitrogens with one attached hydrogen (secondary N) is 1. The first kappa shape index (κ1) is 13.3. The van der Waals surface area contributed by atoms with Gasteiger partial charge in [-0.3, -0.25) is 4.68 Å². The molecule has 2 heterocycles. The molecule has 0 saturated carbocycles. The number of aryl methyl sites for hydroxylation is 1. The molecule has 2 rings (SSSR count). The first-order chi connectivity index (χ1) is 9.15. The second-order valence-corrected chi connectivity index (χ2v) is 4.49. The lowest BCUT2D eigenvalue weighted by molar-refractivity contribution is 0.0697. The van der Waals surface area contributed by atoms with Crippen molar-refractivity contribution >= 4 is 22.7 Å². The fraction of sp³-hybridized carbons (Fsp3) is 0.462. The van der Waals surface area contributed by atoms with Crippen LogP contribution in [0.4, 0.5) is 5.69 Å². The second kappa shape index (κ2) is 5.69. The summed E-state index contributed by atoms with van der Waals surface area (Å²) in [6.45, 7) is 2.89. The molecule has 0 fully saturated rings. The number of nitrogens with zero attached hydrogens (tertiary/aromatic N) is 3. The molecule has 0 aromatic carbocycles. The van der Waals surface area contributed by atoms with Crippen molar-refractivity contribution in [3.8, 4) is 0 Å². The van der Waals surface area contributed by atoms with Crippen LogP contribution >= 0.6 is 0 Å². The molecule has 0 spiro atoms. The number of aromatic carboxylic acids is 1. The van der Waals surface area contributed by atoms with Crippen LogP contribution in [0.1, 0.15) is 36.5 Å². The summed E-state index contributed by atoms with van der Waals surface area (Å²) in [5.74, 6) is -0.976. The zero-order valence-corrected chi connectivity index (χ0v) is 11.2. The van der Waals surface area contributed by atoms with Crippen molar-refractivity contribution < 1.29 is 9.90 Å². The molecule has 0 bridgehead atoms. The number of rotatable bonds is 6. The number of pyridine rings is 1. The van der Waals surface area contributed by atoms with E-state index in [1.54, 1.807) is 17.9 Å². The normalized spacial score (nSPS) is 10.8. The molecular weight excluding hydrogens is 244 g/mol. The molecule has 0 aliphatic carbocycles. The van der Waals surface area contributed by atoms with Crippen LogP contribution in [0, 0.1) is 0 Å². The highest BCUT2D eigenvalue weighted by Crippen LogP contribution is 2.25. The number of aromatic nitrogens is 3. The van der Waals surface area contributed by atoms with Gasteiger partial charge >= 0.3 is 5.97 Å². The Morgan fingerprint density at radius 1 is 1.42 bits per heavy atom. The molecule has 0 atom stereocenters. The number of fused-ring (bicyclic) bond motifs is 1. The number of carboxylic acid groups (broad SMARTS) is 1. The van der Waals surface area contributed by atoms with Gasteiger partial charge in [-0.15, -0.1) is 0 Å². The number of hydrogen-bond donors (Lipinski definition) is 2. The molecule has 2 aromatic heterocycles. The maximum absolute atomic E-state index is 11.3. The number of anilines is 1. The summed E-state index contributed by atoms with van der Waals surface area (Å²) in [5.41, 5.74) is 1.49. The van der Waals surface area contributed by atoms with Gasteiger partial charge in [-0.25, -0.2) is 9.78 Å². The van der Waals surface area contributed by atoms with Gasteiger partial charge in [0.1, 0.15) is 5.56 Å². The summed E-state index contributed by atoms with van der Waals surface area (Å²) in [4.78, 5) is 15.4. The average Bonchev–Trinajstić information content (AvgIpc) is 2.76. The number of carbonyl (C=O) groups is 1. The van der Waals surface area contributed by atoms with Crippen molar-refractivity contribution in [3.63, 3.8) is 0 Å². The first-order valence-electron chi connectivity index (χ1n) is 6.43. The lowest BCUT2D eigenvalue weighted by Gasteiger charge is -2.10. The van der Waals surface area contributed by atoms with Crippen LogP contribution in [0.3, 0.4) is 0 Å². The standard InChI is InChI=1S/C13H18N4O2/c1-3-4-5-6-14-11-9-8-16-17(2)12(9)15-7-10(11)13(18)19/h7-8H,3-6H2,1-2H3,(H,14,15)(H,18,19). The highest BCUT2D eigenvalue weighted by molar-refractivity contribution is 6.03. The summed E-state index contributed by atoms with van der Waals surface area (Å²) < 4.78 is 1.64. The minimum absolute atomic E-state index is 0.192. The molecule has 19 heavy (non-hydrogen) atoms. The zero-order valence-electron chi connectivity index (χ0n) is 11.2. The number of carboxylic acids is 1. The number of hydrogen-bond acceptors (Lipinski definition) is 4. The molecule has 6 heteroatoms. The van der Waals surface area contributed by atoms with E-state index in [1.165, 1.54) is 6.20 Å². The van der Waals surface area contributed by atoms with Crippen LogP contribution in [0.15, 0.2) is 12.4 Å². The van der Waals surface area contributed by atoms with E-state index >= 15 is 0 Å². The third-order valence-electron chi connectivity index (χ3n) is 3.07. The van der Waals surface area contributed by atoms with E-state index in [0.29, 0.717) is 11.3 Å². The van der Waals surface area contributed by atoms with E-state index in [0.717, 1.165) is 31.2 Å². The monoisotopic (exact) mass is 262 g/mol. The highest BCUT2D eigenvalue weighted by atomic mass is 16.4. The molecule has 2 aromatic rings. The third-order valence-corrected chi connectivity index (χ3v) is 3.07. The summed E-state index contributed by atoms with van der Waals surface area (Å²) in [5, 5.41) is 17.3. The molecule has 102 valence electrons. The van der Waals surface area contributed by atoms with Gasteiger partial charge in [-0.05, 0) is 6.42 Å². The Labute approximate surface area is 111 Å². The topological polar surface area (TPSA) is 80.0 Å². The van der Waals surface area contributed by atoms with Crippen molar-refractivity contribution in [3.05, 3.63) is 18.0 Å². The maximum Gasteiger partial charge on any atom is 0.339 e. The van der Waals surface area contributed by atoms with Crippen molar-refractivity contribution in [1.82, 2.24) is 14.8 Å². The quantitative estimate of drug-likeness (QED) is 0.780. The predicted octanol–water partition coefficient (Wildman–Crippen LogP) is 2.27. The molecule has 0 saturated heterocycles. The van der Waals surface area contributed by atoms with E-state index in [4.69, 9.17) is 0 Å². The number of unbranched alkanes of at least 4 members (excludes halogenated alkanes) is 2. The minimum atomic E-state index is -0.976. The van der Waals surface area contributed by atoms with E-state index in [9.17, 15) is 9.90 Å². The molecule has 0 amide bonds. The Kier molecular flexibility index (Phi) is 3.99.